The molecule has 0 saturated heterocycles. The van der Waals surface area contributed by atoms with E-state index in [-0.39, 0.29) is 16.7 Å². The van der Waals surface area contributed by atoms with Gasteiger partial charge in [-0.2, -0.15) is 0 Å². The number of oxime groups is 1. The van der Waals surface area contributed by atoms with Crippen LogP contribution in [0.15, 0.2) is 71.9 Å². The average molecular weight is 638 g/mol. The molecular weight excluding hydrogens is 594 g/mol. The van der Waals surface area contributed by atoms with Crippen molar-refractivity contribution in [2.45, 2.75) is 73.0 Å². The summed E-state index contributed by atoms with van der Waals surface area (Å²) in [5, 5.41) is 19.8. The lowest BCUT2D eigenvalue weighted by atomic mass is 9.96. The standard InChI is InChI=1S/C38H43N3O6/c1-7-9-12-27(8-2)22-40-35-18-15-28(20-33(35)34-21-36(41(43)44)31-13-10-11-14-32(31)38(34)40)37(39-47-26(5)42)30-17-16-29(19-24(30)3)46-25(4)23-45-6/h10-11,13-21,25,27H,7-9,12,22-23H2,1-6H3. The maximum absolute atomic E-state index is 12.3. The summed E-state index contributed by atoms with van der Waals surface area (Å²) in [5.74, 6) is 0.610. The molecule has 0 aliphatic rings. The Balaban J connectivity index is 1.74. The molecule has 1 aromatic heterocycles. The molecule has 2 unspecified atom stereocenters. The Morgan fingerprint density at radius 3 is 2.43 bits per heavy atom. The van der Waals surface area contributed by atoms with E-state index in [9.17, 15) is 14.9 Å². The van der Waals surface area contributed by atoms with Gasteiger partial charge in [0.05, 0.1) is 22.4 Å². The van der Waals surface area contributed by atoms with Crippen LogP contribution < -0.4 is 4.74 Å². The van der Waals surface area contributed by atoms with Gasteiger partial charge in [-0.15, -0.1) is 0 Å². The number of hydrogen-bond acceptors (Lipinski definition) is 7. The molecule has 246 valence electrons. The molecule has 0 aliphatic heterocycles. The first-order valence-electron chi connectivity index (χ1n) is 16.3. The van der Waals surface area contributed by atoms with Crippen LogP contribution in [0.2, 0.25) is 0 Å². The second kappa shape index (κ2) is 14.8. The van der Waals surface area contributed by atoms with Gasteiger partial charge in [-0.1, -0.05) is 62.5 Å². The second-order valence-corrected chi connectivity index (χ2v) is 12.2. The van der Waals surface area contributed by atoms with Gasteiger partial charge in [-0.05, 0) is 68.1 Å². The van der Waals surface area contributed by atoms with Crippen molar-refractivity contribution in [1.82, 2.24) is 4.57 Å². The SMILES string of the molecule is CCCCC(CC)Cn1c2ccc(C(=NOC(C)=O)c3ccc(OC(C)COC)cc3C)cc2c2cc([N+](=O)[O-])c3ccccc3c21. The molecule has 2 atom stereocenters. The van der Waals surface area contributed by atoms with E-state index < -0.39 is 5.97 Å². The molecule has 0 radical (unpaired) electrons. The van der Waals surface area contributed by atoms with Crippen molar-refractivity contribution in [3.8, 4) is 5.75 Å². The maximum Gasteiger partial charge on any atom is 0.332 e. The number of aromatic nitrogens is 1. The Hall–Kier alpha value is -4.76. The molecule has 5 rings (SSSR count). The molecule has 0 fully saturated rings. The van der Waals surface area contributed by atoms with Crippen LogP contribution in [-0.2, 0) is 20.9 Å². The minimum atomic E-state index is -0.536. The third kappa shape index (κ3) is 7.15. The van der Waals surface area contributed by atoms with Crippen LogP contribution in [0.25, 0.3) is 32.6 Å². The van der Waals surface area contributed by atoms with Crippen LogP contribution >= 0.6 is 0 Å². The number of aryl methyl sites for hydroxylation is 1. The smallest absolute Gasteiger partial charge is 0.332 e. The quantitative estimate of drug-likeness (QED) is 0.0520. The summed E-state index contributed by atoms with van der Waals surface area (Å²) >= 11 is 0. The van der Waals surface area contributed by atoms with Gasteiger partial charge in [0.2, 0.25) is 0 Å². The van der Waals surface area contributed by atoms with E-state index >= 15 is 0 Å². The molecule has 0 spiro atoms. The van der Waals surface area contributed by atoms with E-state index in [1.165, 1.54) is 6.92 Å². The Kier molecular flexibility index (Phi) is 10.6. The molecule has 1 heterocycles. The van der Waals surface area contributed by atoms with Gasteiger partial charge in [0.15, 0.2) is 0 Å². The number of nitro groups is 1. The topological polar surface area (TPSA) is 105 Å². The average Bonchev–Trinajstić information content (AvgIpc) is 3.36. The zero-order chi connectivity index (χ0) is 33.7. The van der Waals surface area contributed by atoms with Crippen LogP contribution in [0, 0.1) is 23.0 Å². The van der Waals surface area contributed by atoms with Gasteiger partial charge < -0.3 is 18.9 Å². The Morgan fingerprint density at radius 2 is 1.77 bits per heavy atom. The van der Waals surface area contributed by atoms with Gasteiger partial charge in [0.1, 0.15) is 17.6 Å². The molecule has 4 aromatic carbocycles. The summed E-state index contributed by atoms with van der Waals surface area (Å²) in [6, 6.07) is 21.0. The van der Waals surface area contributed by atoms with Gasteiger partial charge in [0, 0.05) is 59.4 Å². The molecule has 0 aliphatic carbocycles. The summed E-state index contributed by atoms with van der Waals surface area (Å²) in [4.78, 5) is 29.2. The summed E-state index contributed by atoms with van der Waals surface area (Å²) in [7, 11) is 1.63. The molecule has 0 bridgehead atoms. The normalized spacial score (nSPS) is 13.3. The fourth-order valence-corrected chi connectivity index (χ4v) is 6.45. The number of nitrogens with zero attached hydrogens (tertiary/aromatic N) is 3. The van der Waals surface area contributed by atoms with Crippen molar-refractivity contribution in [1.29, 1.82) is 0 Å². The van der Waals surface area contributed by atoms with E-state index in [4.69, 9.17) is 14.3 Å². The predicted molar refractivity (Wildman–Crippen MR) is 187 cm³/mol. The van der Waals surface area contributed by atoms with Crippen LogP contribution in [-0.4, -0.2) is 41.0 Å². The van der Waals surface area contributed by atoms with Crippen LogP contribution in [0.3, 0.4) is 0 Å². The summed E-state index contributed by atoms with van der Waals surface area (Å²) in [6.45, 7) is 10.9. The number of benzene rings is 4. The fourth-order valence-electron chi connectivity index (χ4n) is 6.45. The highest BCUT2D eigenvalue weighted by molar-refractivity contribution is 6.22. The monoisotopic (exact) mass is 637 g/mol. The number of rotatable bonds is 14. The van der Waals surface area contributed by atoms with Crippen molar-refractivity contribution in [3.63, 3.8) is 0 Å². The number of ether oxygens (including phenoxy) is 2. The number of hydrogen-bond donors (Lipinski definition) is 0. The van der Waals surface area contributed by atoms with E-state index in [0.29, 0.717) is 29.4 Å². The second-order valence-electron chi connectivity index (χ2n) is 12.2. The van der Waals surface area contributed by atoms with E-state index in [2.05, 4.69) is 29.6 Å². The lowest BCUT2D eigenvalue weighted by Crippen LogP contribution is -2.18. The highest BCUT2D eigenvalue weighted by Crippen LogP contribution is 2.40. The van der Waals surface area contributed by atoms with Crippen molar-refractivity contribution in [2.75, 3.05) is 13.7 Å². The van der Waals surface area contributed by atoms with Gasteiger partial charge in [-0.25, -0.2) is 4.79 Å². The number of fused-ring (bicyclic) bond motifs is 5. The highest BCUT2D eigenvalue weighted by Gasteiger charge is 2.23. The molecule has 9 nitrogen and oxygen atoms in total. The Labute approximate surface area is 275 Å². The number of carbonyl (C=O) groups is 1. The van der Waals surface area contributed by atoms with Crippen molar-refractivity contribution >= 4 is 49.9 Å². The summed E-state index contributed by atoms with van der Waals surface area (Å²) in [6.07, 6.45) is 4.29. The number of methoxy groups -OCH3 is 1. The van der Waals surface area contributed by atoms with E-state index in [1.54, 1.807) is 13.2 Å². The third-order valence-electron chi connectivity index (χ3n) is 8.75. The minimum Gasteiger partial charge on any atom is -0.488 e. The number of non-ortho nitro benzene ring substituents is 1. The Bertz CT molecular complexity index is 1960. The molecule has 9 heteroatoms. The first-order chi connectivity index (χ1) is 22.7. The van der Waals surface area contributed by atoms with E-state index in [0.717, 1.165) is 76.1 Å². The molecular formula is C38H43N3O6. The molecule has 0 N–H and O–H groups in total. The van der Waals surface area contributed by atoms with Crippen molar-refractivity contribution in [2.24, 2.45) is 11.1 Å². The predicted octanol–water partition coefficient (Wildman–Crippen LogP) is 9.11. The summed E-state index contributed by atoms with van der Waals surface area (Å²) in [5.41, 5.74) is 4.88. The van der Waals surface area contributed by atoms with Crippen LogP contribution in [0.1, 0.15) is 70.1 Å². The molecule has 0 saturated carbocycles. The first kappa shape index (κ1) is 33.6. The Morgan fingerprint density at radius 1 is 1.00 bits per heavy atom. The molecule has 5 aromatic rings. The van der Waals surface area contributed by atoms with Crippen molar-refractivity contribution < 1.29 is 24.0 Å². The zero-order valence-corrected chi connectivity index (χ0v) is 28.0. The van der Waals surface area contributed by atoms with Gasteiger partial charge in [-0.3, -0.25) is 10.1 Å². The number of unbranched alkanes of at least 4 members (excludes halogenated alkanes) is 1. The minimum absolute atomic E-state index is 0.0681. The van der Waals surface area contributed by atoms with Crippen LogP contribution in [0.4, 0.5) is 5.69 Å². The van der Waals surface area contributed by atoms with E-state index in [1.807, 2.05) is 68.4 Å². The third-order valence-corrected chi connectivity index (χ3v) is 8.75. The largest absolute Gasteiger partial charge is 0.488 e. The van der Waals surface area contributed by atoms with Crippen molar-refractivity contribution in [3.05, 3.63) is 93.5 Å². The first-order valence-corrected chi connectivity index (χ1v) is 16.3. The maximum atomic E-state index is 12.3. The molecule has 47 heavy (non-hydrogen) atoms. The summed E-state index contributed by atoms with van der Waals surface area (Å²) < 4.78 is 13.5. The lowest BCUT2D eigenvalue weighted by molar-refractivity contribution is -0.382. The van der Waals surface area contributed by atoms with Gasteiger partial charge >= 0.3 is 5.97 Å². The number of nitro benzene ring substituents is 1. The highest BCUT2D eigenvalue weighted by atomic mass is 16.7. The molecule has 0 amide bonds. The van der Waals surface area contributed by atoms with Crippen LogP contribution in [0.5, 0.6) is 5.75 Å². The fraction of sp³-hybridized carbons (Fsp3) is 0.368. The van der Waals surface area contributed by atoms with Gasteiger partial charge in [0.25, 0.3) is 5.69 Å². The lowest BCUT2D eigenvalue weighted by Gasteiger charge is -2.18. The zero-order valence-electron chi connectivity index (χ0n) is 28.0. The number of carbonyl (C=O) groups excluding carboxylic acids is 1.